The van der Waals surface area contributed by atoms with Crippen molar-refractivity contribution in [3.63, 3.8) is 0 Å². The lowest BCUT2D eigenvalue weighted by atomic mass is 10.0. The van der Waals surface area contributed by atoms with Gasteiger partial charge in [-0.05, 0) is 78.6 Å². The number of tetrazole rings is 1. The fourth-order valence-corrected chi connectivity index (χ4v) is 5.03. The molecule has 1 aliphatic rings. The highest BCUT2D eigenvalue weighted by Crippen LogP contribution is 2.24. The minimum atomic E-state index is -3.61. The number of anilines is 1. The zero-order valence-corrected chi connectivity index (χ0v) is 18.5. The molecule has 9 nitrogen and oxygen atoms in total. The summed E-state index contributed by atoms with van der Waals surface area (Å²) in [6.07, 6.45) is 1.66. The van der Waals surface area contributed by atoms with Crippen LogP contribution in [0.15, 0.2) is 47.4 Å². The highest BCUT2D eigenvalue weighted by molar-refractivity contribution is 7.89. The molecule has 2 aromatic carbocycles. The normalized spacial score (nSPS) is 15.6. The number of nitrogens with one attached hydrogen (secondary N) is 1. The number of aromatic nitrogens is 4. The monoisotopic (exact) mass is 458 g/mol. The van der Waals surface area contributed by atoms with Gasteiger partial charge in [-0.25, -0.2) is 12.8 Å². The standard InChI is InChI=1S/C21H23FN6O3S/c1-14-9-11-27(12-10-14)32(30,31)18-6-3-16(4-7-18)21(29)23-20-13-17(5-8-19(20)22)28-15(2)24-25-26-28/h3-8,13-14H,9-12H2,1-2H3,(H,23,29). The average molecular weight is 459 g/mol. The van der Waals surface area contributed by atoms with Crippen LogP contribution in [0, 0.1) is 18.7 Å². The number of rotatable bonds is 5. The fourth-order valence-electron chi connectivity index (χ4n) is 3.56. The van der Waals surface area contributed by atoms with E-state index in [0.29, 0.717) is 30.5 Å². The van der Waals surface area contributed by atoms with E-state index < -0.39 is 21.7 Å². The van der Waals surface area contributed by atoms with Crippen LogP contribution < -0.4 is 5.32 Å². The Hall–Kier alpha value is -3.18. The fraction of sp³-hybridized carbons (Fsp3) is 0.333. The number of aryl methyl sites for hydroxylation is 1. The Bertz CT molecular complexity index is 1230. The summed E-state index contributed by atoms with van der Waals surface area (Å²) in [5.74, 6) is -0.165. The molecule has 0 atom stereocenters. The molecule has 1 N–H and O–H groups in total. The molecular formula is C21H23FN6O3S. The first-order valence-electron chi connectivity index (χ1n) is 10.2. The van der Waals surface area contributed by atoms with Gasteiger partial charge in [0.1, 0.15) is 5.82 Å². The van der Waals surface area contributed by atoms with Crippen LogP contribution in [0.4, 0.5) is 10.1 Å². The second-order valence-electron chi connectivity index (χ2n) is 7.87. The summed E-state index contributed by atoms with van der Waals surface area (Å²) in [4.78, 5) is 12.8. The first kappa shape index (κ1) is 22.0. The molecule has 0 saturated carbocycles. The molecule has 32 heavy (non-hydrogen) atoms. The lowest BCUT2D eigenvalue weighted by Crippen LogP contribution is -2.37. The Morgan fingerprint density at radius 1 is 1.12 bits per heavy atom. The van der Waals surface area contributed by atoms with Gasteiger partial charge < -0.3 is 5.32 Å². The van der Waals surface area contributed by atoms with Gasteiger partial charge in [0.15, 0.2) is 5.82 Å². The number of hydrogen-bond acceptors (Lipinski definition) is 6. The maximum absolute atomic E-state index is 14.3. The summed E-state index contributed by atoms with van der Waals surface area (Å²) >= 11 is 0. The number of nitrogens with zero attached hydrogens (tertiary/aromatic N) is 5. The molecular weight excluding hydrogens is 435 g/mol. The number of carbonyl (C=O) groups excluding carboxylic acids is 1. The lowest BCUT2D eigenvalue weighted by Gasteiger charge is -2.29. The molecule has 1 aromatic heterocycles. The first-order valence-corrected chi connectivity index (χ1v) is 11.7. The second kappa shape index (κ2) is 8.75. The van der Waals surface area contributed by atoms with Crippen molar-refractivity contribution in [2.24, 2.45) is 5.92 Å². The van der Waals surface area contributed by atoms with Crippen LogP contribution in [0.3, 0.4) is 0 Å². The van der Waals surface area contributed by atoms with E-state index in [2.05, 4.69) is 27.8 Å². The number of sulfonamides is 1. The van der Waals surface area contributed by atoms with E-state index in [1.807, 2.05) is 0 Å². The third-order valence-corrected chi connectivity index (χ3v) is 7.48. The smallest absolute Gasteiger partial charge is 0.255 e. The molecule has 0 radical (unpaired) electrons. The van der Waals surface area contributed by atoms with Crippen LogP contribution in [0.25, 0.3) is 5.69 Å². The minimum Gasteiger partial charge on any atom is -0.319 e. The SMILES string of the molecule is Cc1nnnn1-c1ccc(F)c(NC(=O)c2ccc(S(=O)(=O)N3CCC(C)CC3)cc2)c1. The maximum Gasteiger partial charge on any atom is 0.255 e. The molecule has 2 heterocycles. The predicted octanol–water partition coefficient (Wildman–Crippen LogP) is 2.78. The average Bonchev–Trinajstić information content (AvgIpc) is 3.21. The van der Waals surface area contributed by atoms with Gasteiger partial charge in [-0.15, -0.1) is 5.10 Å². The topological polar surface area (TPSA) is 110 Å². The molecule has 168 valence electrons. The van der Waals surface area contributed by atoms with Gasteiger partial charge in [0.25, 0.3) is 5.91 Å². The van der Waals surface area contributed by atoms with Crippen molar-refractivity contribution < 1.29 is 17.6 Å². The third kappa shape index (κ3) is 4.39. The molecule has 0 spiro atoms. The zero-order chi connectivity index (χ0) is 22.9. The van der Waals surface area contributed by atoms with E-state index in [1.165, 1.54) is 51.5 Å². The van der Waals surface area contributed by atoms with Crippen LogP contribution >= 0.6 is 0 Å². The van der Waals surface area contributed by atoms with E-state index in [1.54, 1.807) is 6.92 Å². The quantitative estimate of drug-likeness (QED) is 0.630. The molecule has 1 saturated heterocycles. The summed E-state index contributed by atoms with van der Waals surface area (Å²) in [5, 5.41) is 13.7. The highest BCUT2D eigenvalue weighted by Gasteiger charge is 2.28. The van der Waals surface area contributed by atoms with Crippen molar-refractivity contribution in [3.05, 3.63) is 59.7 Å². The number of carbonyl (C=O) groups is 1. The van der Waals surface area contributed by atoms with Crippen LogP contribution in [0.2, 0.25) is 0 Å². The molecule has 3 aromatic rings. The van der Waals surface area contributed by atoms with E-state index in [0.717, 1.165) is 12.8 Å². The number of hydrogen-bond donors (Lipinski definition) is 1. The summed E-state index contributed by atoms with van der Waals surface area (Å²) in [6.45, 7) is 4.78. The molecule has 1 fully saturated rings. The highest BCUT2D eigenvalue weighted by atomic mass is 32.2. The molecule has 1 aliphatic heterocycles. The predicted molar refractivity (Wildman–Crippen MR) is 115 cm³/mol. The van der Waals surface area contributed by atoms with Gasteiger partial charge in [-0.1, -0.05) is 6.92 Å². The number of benzene rings is 2. The lowest BCUT2D eigenvalue weighted by molar-refractivity contribution is 0.102. The number of amides is 1. The zero-order valence-electron chi connectivity index (χ0n) is 17.7. The van der Waals surface area contributed by atoms with Crippen molar-refractivity contribution in [2.75, 3.05) is 18.4 Å². The second-order valence-corrected chi connectivity index (χ2v) is 9.81. The molecule has 0 bridgehead atoms. The van der Waals surface area contributed by atoms with Crippen LogP contribution in [-0.4, -0.2) is 51.9 Å². The summed E-state index contributed by atoms with van der Waals surface area (Å²) < 4.78 is 42.9. The minimum absolute atomic E-state index is 0.0402. The van der Waals surface area contributed by atoms with Crippen LogP contribution in [0.1, 0.15) is 35.9 Å². The van der Waals surface area contributed by atoms with Crippen molar-refractivity contribution in [1.82, 2.24) is 24.5 Å². The third-order valence-electron chi connectivity index (χ3n) is 5.57. The molecule has 1 amide bonds. The van der Waals surface area contributed by atoms with Gasteiger partial charge in [-0.2, -0.15) is 8.99 Å². The van der Waals surface area contributed by atoms with E-state index in [4.69, 9.17) is 0 Å². The van der Waals surface area contributed by atoms with Gasteiger partial charge in [-0.3, -0.25) is 4.79 Å². The largest absolute Gasteiger partial charge is 0.319 e. The van der Waals surface area contributed by atoms with Gasteiger partial charge in [0.2, 0.25) is 10.0 Å². The first-order chi connectivity index (χ1) is 15.3. The molecule has 0 aliphatic carbocycles. The van der Waals surface area contributed by atoms with Gasteiger partial charge in [0, 0.05) is 18.7 Å². The molecule has 11 heteroatoms. The molecule has 0 unspecified atom stereocenters. The number of halogens is 1. The van der Waals surface area contributed by atoms with Crippen molar-refractivity contribution >= 4 is 21.6 Å². The summed E-state index contributed by atoms with van der Waals surface area (Å²) in [5.41, 5.74) is 0.655. The Kier molecular flexibility index (Phi) is 6.02. The summed E-state index contributed by atoms with van der Waals surface area (Å²) in [6, 6.07) is 9.77. The Balaban J connectivity index is 1.51. The number of piperidine rings is 1. The van der Waals surface area contributed by atoms with Gasteiger partial charge >= 0.3 is 0 Å². The van der Waals surface area contributed by atoms with Crippen molar-refractivity contribution in [1.29, 1.82) is 0 Å². The summed E-state index contributed by atoms with van der Waals surface area (Å²) in [7, 11) is -3.61. The van der Waals surface area contributed by atoms with Crippen LogP contribution in [0.5, 0.6) is 0 Å². The van der Waals surface area contributed by atoms with E-state index >= 15 is 0 Å². The van der Waals surface area contributed by atoms with Crippen molar-refractivity contribution in [2.45, 2.75) is 31.6 Å². The Labute approximate surface area is 185 Å². The molecule has 4 rings (SSSR count). The van der Waals surface area contributed by atoms with Gasteiger partial charge in [0.05, 0.1) is 16.3 Å². The van der Waals surface area contributed by atoms with E-state index in [9.17, 15) is 17.6 Å². The Morgan fingerprint density at radius 3 is 2.44 bits per heavy atom. The van der Waals surface area contributed by atoms with E-state index in [-0.39, 0.29) is 16.1 Å². The van der Waals surface area contributed by atoms with Crippen LogP contribution in [-0.2, 0) is 10.0 Å². The van der Waals surface area contributed by atoms with Crippen molar-refractivity contribution in [3.8, 4) is 5.69 Å². The maximum atomic E-state index is 14.3. The Morgan fingerprint density at radius 2 is 1.81 bits per heavy atom.